The smallest absolute Gasteiger partial charge is 0.351 e. The van der Waals surface area contributed by atoms with E-state index in [9.17, 15) is 18.0 Å². The lowest BCUT2D eigenvalue weighted by molar-refractivity contribution is -0.137. The summed E-state index contributed by atoms with van der Waals surface area (Å²) in [4.78, 5) is 23.5. The number of benzene rings is 1. The SMILES string of the molecule is Cc1cn2c(=O)n(Cc3c(C)cccc3C)nc2nc1N1CCc2ncc(C(F)(F)F)cc2C1. The van der Waals surface area contributed by atoms with Gasteiger partial charge < -0.3 is 4.90 Å². The molecule has 0 bridgehead atoms. The number of hydrogen-bond acceptors (Lipinski definition) is 5. The molecule has 34 heavy (non-hydrogen) atoms. The predicted octanol–water partition coefficient (Wildman–Crippen LogP) is 3.84. The van der Waals surface area contributed by atoms with Gasteiger partial charge in [-0.2, -0.15) is 18.2 Å². The van der Waals surface area contributed by atoms with Crippen LogP contribution in [0.5, 0.6) is 0 Å². The molecule has 4 heterocycles. The summed E-state index contributed by atoms with van der Waals surface area (Å²) >= 11 is 0. The molecule has 1 aliphatic rings. The molecule has 4 aromatic rings. The van der Waals surface area contributed by atoms with Crippen molar-refractivity contribution in [1.82, 2.24) is 24.1 Å². The fourth-order valence-electron chi connectivity index (χ4n) is 4.47. The molecule has 0 saturated carbocycles. The van der Waals surface area contributed by atoms with Crippen molar-refractivity contribution in [2.24, 2.45) is 0 Å². The normalized spacial score (nSPS) is 14.0. The van der Waals surface area contributed by atoms with Crippen molar-refractivity contribution in [3.63, 3.8) is 0 Å². The Hall–Kier alpha value is -3.69. The summed E-state index contributed by atoms with van der Waals surface area (Å²) < 4.78 is 42.3. The molecule has 1 aromatic carbocycles. The molecule has 7 nitrogen and oxygen atoms in total. The maximum absolute atomic E-state index is 13.2. The second-order valence-corrected chi connectivity index (χ2v) is 8.73. The topological polar surface area (TPSA) is 68.3 Å². The van der Waals surface area contributed by atoms with E-state index in [0.29, 0.717) is 36.6 Å². The second kappa shape index (κ2) is 7.96. The monoisotopic (exact) mass is 468 g/mol. The van der Waals surface area contributed by atoms with Crippen molar-refractivity contribution in [3.8, 4) is 0 Å². The van der Waals surface area contributed by atoms with E-state index in [0.717, 1.165) is 34.5 Å². The number of anilines is 1. The minimum Gasteiger partial charge on any atom is -0.351 e. The molecule has 0 unspecified atom stereocenters. The molecule has 0 spiro atoms. The number of hydrogen-bond donors (Lipinski definition) is 0. The van der Waals surface area contributed by atoms with Crippen LogP contribution in [0.4, 0.5) is 19.0 Å². The van der Waals surface area contributed by atoms with Crippen LogP contribution in [0.2, 0.25) is 0 Å². The fraction of sp³-hybridized carbons (Fsp3) is 0.333. The Morgan fingerprint density at radius 1 is 1.09 bits per heavy atom. The van der Waals surface area contributed by atoms with E-state index in [1.165, 1.54) is 9.08 Å². The largest absolute Gasteiger partial charge is 0.417 e. The van der Waals surface area contributed by atoms with E-state index in [1.54, 1.807) is 6.20 Å². The summed E-state index contributed by atoms with van der Waals surface area (Å²) in [7, 11) is 0. The zero-order valence-corrected chi connectivity index (χ0v) is 19.0. The molecule has 1 aliphatic heterocycles. The second-order valence-electron chi connectivity index (χ2n) is 8.73. The van der Waals surface area contributed by atoms with Crippen molar-refractivity contribution >= 4 is 11.6 Å². The number of halogens is 3. The average Bonchev–Trinajstić information content (AvgIpc) is 3.09. The van der Waals surface area contributed by atoms with E-state index in [2.05, 4.69) is 15.1 Å². The molecule has 3 aromatic heterocycles. The third-order valence-electron chi connectivity index (χ3n) is 6.35. The number of nitrogens with zero attached hydrogens (tertiary/aromatic N) is 6. The highest BCUT2D eigenvalue weighted by molar-refractivity contribution is 5.52. The standard InChI is InChI=1S/C24H23F3N6O/c1-14-5-4-6-15(2)19(14)13-33-23(34)32-11-16(3)21(29-22(32)30-33)31-8-7-20-17(12-31)9-18(10-28-20)24(25,26)27/h4-6,9-11H,7-8,12-13H2,1-3H3. The number of aromatic nitrogens is 5. The highest BCUT2D eigenvalue weighted by Gasteiger charge is 2.32. The molecule has 0 aliphatic carbocycles. The Bertz CT molecular complexity index is 1450. The van der Waals surface area contributed by atoms with E-state index >= 15 is 0 Å². The molecule has 0 N–H and O–H groups in total. The molecule has 10 heteroatoms. The summed E-state index contributed by atoms with van der Waals surface area (Å²) in [6, 6.07) is 7.13. The van der Waals surface area contributed by atoms with Gasteiger partial charge in [-0.3, -0.25) is 4.98 Å². The number of fused-ring (bicyclic) bond motifs is 2. The minimum absolute atomic E-state index is 0.254. The van der Waals surface area contributed by atoms with E-state index < -0.39 is 11.7 Å². The van der Waals surface area contributed by atoms with Crippen LogP contribution < -0.4 is 10.6 Å². The van der Waals surface area contributed by atoms with Crippen molar-refractivity contribution in [1.29, 1.82) is 0 Å². The summed E-state index contributed by atoms with van der Waals surface area (Å²) in [5.74, 6) is 0.851. The van der Waals surface area contributed by atoms with Gasteiger partial charge in [0.25, 0.3) is 5.78 Å². The number of pyridine rings is 1. The van der Waals surface area contributed by atoms with Crippen molar-refractivity contribution in [2.45, 2.75) is 46.5 Å². The number of rotatable bonds is 3. The molecule has 176 valence electrons. The minimum atomic E-state index is -4.44. The van der Waals surface area contributed by atoms with E-state index in [4.69, 9.17) is 0 Å². The van der Waals surface area contributed by atoms with Crippen LogP contribution in [0, 0.1) is 20.8 Å². The van der Waals surface area contributed by atoms with Gasteiger partial charge in [0.1, 0.15) is 5.82 Å². The predicted molar refractivity (Wildman–Crippen MR) is 121 cm³/mol. The third-order valence-corrected chi connectivity index (χ3v) is 6.35. The number of alkyl halides is 3. The van der Waals surface area contributed by atoms with Crippen molar-refractivity contribution < 1.29 is 13.2 Å². The van der Waals surface area contributed by atoms with Gasteiger partial charge in [0.05, 0.1) is 12.1 Å². The molecule has 5 rings (SSSR count). The lowest BCUT2D eigenvalue weighted by atomic mass is 10.0. The van der Waals surface area contributed by atoms with Crippen LogP contribution in [0.1, 0.15) is 39.1 Å². The lowest BCUT2D eigenvalue weighted by Gasteiger charge is -2.30. The van der Waals surface area contributed by atoms with Gasteiger partial charge in [0.2, 0.25) is 0 Å². The Labute approximate surface area is 193 Å². The van der Waals surface area contributed by atoms with Crippen LogP contribution in [-0.2, 0) is 25.7 Å². The van der Waals surface area contributed by atoms with Gasteiger partial charge in [-0.25, -0.2) is 13.9 Å². The van der Waals surface area contributed by atoms with Crippen LogP contribution in [0.25, 0.3) is 5.78 Å². The van der Waals surface area contributed by atoms with Crippen LogP contribution >= 0.6 is 0 Å². The van der Waals surface area contributed by atoms with Crippen molar-refractivity contribution in [3.05, 3.63) is 86.2 Å². The highest BCUT2D eigenvalue weighted by Crippen LogP contribution is 2.32. The van der Waals surface area contributed by atoms with Gasteiger partial charge in [-0.15, -0.1) is 5.10 Å². The van der Waals surface area contributed by atoms with Gasteiger partial charge in [-0.1, -0.05) is 18.2 Å². The average molecular weight is 468 g/mol. The molecule has 0 saturated heterocycles. The zero-order chi connectivity index (χ0) is 24.2. The molecule has 0 radical (unpaired) electrons. The number of aryl methyl sites for hydroxylation is 3. The first-order valence-electron chi connectivity index (χ1n) is 10.9. The lowest BCUT2D eigenvalue weighted by Crippen LogP contribution is -2.33. The van der Waals surface area contributed by atoms with E-state index in [-0.39, 0.29) is 18.0 Å². The zero-order valence-electron chi connectivity index (χ0n) is 19.0. The highest BCUT2D eigenvalue weighted by atomic mass is 19.4. The third kappa shape index (κ3) is 3.82. The first-order valence-corrected chi connectivity index (χ1v) is 10.9. The van der Waals surface area contributed by atoms with E-state index in [1.807, 2.05) is 43.9 Å². The fourth-order valence-corrected chi connectivity index (χ4v) is 4.47. The first-order chi connectivity index (χ1) is 16.1. The maximum Gasteiger partial charge on any atom is 0.417 e. The molecule has 0 fully saturated rings. The summed E-state index contributed by atoms with van der Waals surface area (Å²) in [6.45, 7) is 6.97. The first kappa shape index (κ1) is 22.1. The van der Waals surface area contributed by atoms with Gasteiger partial charge in [0, 0.05) is 43.2 Å². The summed E-state index contributed by atoms with van der Waals surface area (Å²) in [5.41, 5.74) is 4.07. The van der Waals surface area contributed by atoms with Gasteiger partial charge in [-0.05, 0) is 49.1 Å². The van der Waals surface area contributed by atoms with Crippen LogP contribution in [0.3, 0.4) is 0 Å². The molecule has 0 atom stereocenters. The quantitative estimate of drug-likeness (QED) is 0.457. The summed E-state index contributed by atoms with van der Waals surface area (Å²) in [5, 5.41) is 4.45. The van der Waals surface area contributed by atoms with Crippen molar-refractivity contribution in [2.75, 3.05) is 11.4 Å². The summed E-state index contributed by atoms with van der Waals surface area (Å²) in [6.07, 6.45) is -1.36. The van der Waals surface area contributed by atoms with Gasteiger partial charge >= 0.3 is 11.9 Å². The Morgan fingerprint density at radius 3 is 2.53 bits per heavy atom. The van der Waals surface area contributed by atoms with Gasteiger partial charge in [0.15, 0.2) is 0 Å². The Balaban J connectivity index is 1.50. The van der Waals surface area contributed by atoms with Crippen LogP contribution in [0.15, 0.2) is 41.5 Å². The Kier molecular flexibility index (Phi) is 5.18. The van der Waals surface area contributed by atoms with Crippen LogP contribution in [-0.4, -0.2) is 30.7 Å². The molecular weight excluding hydrogens is 445 g/mol. The molecular formula is C24H23F3N6O. The Morgan fingerprint density at radius 2 is 1.82 bits per heavy atom. The molecule has 0 amide bonds. The maximum atomic E-state index is 13.2.